The van der Waals surface area contributed by atoms with E-state index in [0.717, 1.165) is 5.69 Å². The van der Waals surface area contributed by atoms with Gasteiger partial charge in [-0.15, -0.1) is 0 Å². The molecule has 0 saturated carbocycles. The third kappa shape index (κ3) is 2.07. The number of aryl methyl sites for hydroxylation is 1. The van der Waals surface area contributed by atoms with Gasteiger partial charge in [0, 0.05) is 31.2 Å². The fourth-order valence-corrected chi connectivity index (χ4v) is 1.40. The first kappa shape index (κ1) is 9.51. The molecular formula is C10H12N4O. The molecule has 2 aromatic rings. The SMILES string of the molecule is Cn1ccc(Cn2cc(N)ccc2=O)n1. The molecule has 0 amide bonds. The standard InChI is InChI=1S/C10H12N4O/c1-13-5-4-9(12-13)7-14-6-8(11)2-3-10(14)15/h2-6H,7,11H2,1H3. The molecule has 0 aliphatic heterocycles. The Balaban J connectivity index is 2.31. The summed E-state index contributed by atoms with van der Waals surface area (Å²) in [5.41, 5.74) is 6.94. The van der Waals surface area contributed by atoms with Gasteiger partial charge >= 0.3 is 0 Å². The average molecular weight is 204 g/mol. The molecule has 78 valence electrons. The lowest BCUT2D eigenvalue weighted by Gasteiger charge is -2.03. The normalized spacial score (nSPS) is 10.5. The van der Waals surface area contributed by atoms with Crippen LogP contribution >= 0.6 is 0 Å². The lowest BCUT2D eigenvalue weighted by Crippen LogP contribution is -2.19. The maximum Gasteiger partial charge on any atom is 0.251 e. The molecule has 0 atom stereocenters. The Bertz CT molecular complexity index is 526. The molecule has 0 fully saturated rings. The quantitative estimate of drug-likeness (QED) is 0.760. The van der Waals surface area contributed by atoms with Crippen LogP contribution in [0.5, 0.6) is 0 Å². The van der Waals surface area contributed by atoms with Gasteiger partial charge in [0.2, 0.25) is 0 Å². The van der Waals surface area contributed by atoms with Crippen LogP contribution < -0.4 is 11.3 Å². The van der Waals surface area contributed by atoms with Gasteiger partial charge in [-0.3, -0.25) is 9.48 Å². The van der Waals surface area contributed by atoms with E-state index in [0.29, 0.717) is 12.2 Å². The molecular weight excluding hydrogens is 192 g/mol. The second kappa shape index (κ2) is 3.61. The third-order valence-corrected chi connectivity index (χ3v) is 2.11. The highest BCUT2D eigenvalue weighted by molar-refractivity contribution is 5.33. The molecule has 0 bridgehead atoms. The maximum absolute atomic E-state index is 11.5. The summed E-state index contributed by atoms with van der Waals surface area (Å²) in [6, 6.07) is 4.92. The number of anilines is 1. The first-order chi connectivity index (χ1) is 7.15. The van der Waals surface area contributed by atoms with Gasteiger partial charge in [-0.05, 0) is 12.1 Å². The molecule has 2 heterocycles. The molecule has 0 saturated heterocycles. The van der Waals surface area contributed by atoms with Crippen molar-refractivity contribution in [1.82, 2.24) is 14.3 Å². The monoisotopic (exact) mass is 204 g/mol. The Kier molecular flexibility index (Phi) is 2.29. The topological polar surface area (TPSA) is 65.8 Å². The fraction of sp³-hybridized carbons (Fsp3) is 0.200. The van der Waals surface area contributed by atoms with Crippen molar-refractivity contribution in [3.8, 4) is 0 Å². The minimum absolute atomic E-state index is 0.0742. The Hall–Kier alpha value is -2.04. The second-order valence-electron chi connectivity index (χ2n) is 3.41. The lowest BCUT2D eigenvalue weighted by atomic mass is 10.4. The number of hydrogen-bond donors (Lipinski definition) is 1. The van der Waals surface area contributed by atoms with Crippen LogP contribution in [0.1, 0.15) is 5.69 Å². The van der Waals surface area contributed by atoms with E-state index in [-0.39, 0.29) is 5.56 Å². The Morgan fingerprint density at radius 3 is 2.87 bits per heavy atom. The summed E-state index contributed by atoms with van der Waals surface area (Å²) in [4.78, 5) is 11.5. The molecule has 15 heavy (non-hydrogen) atoms. The summed E-state index contributed by atoms with van der Waals surface area (Å²) < 4.78 is 3.24. The largest absolute Gasteiger partial charge is 0.398 e. The van der Waals surface area contributed by atoms with Crippen LogP contribution in [0.2, 0.25) is 0 Å². The Morgan fingerprint density at radius 2 is 2.20 bits per heavy atom. The first-order valence-corrected chi connectivity index (χ1v) is 4.59. The molecule has 0 unspecified atom stereocenters. The molecule has 0 radical (unpaired) electrons. The summed E-state index contributed by atoms with van der Waals surface area (Å²) in [6.45, 7) is 0.449. The van der Waals surface area contributed by atoms with Crippen LogP contribution in [0.15, 0.2) is 35.4 Å². The van der Waals surface area contributed by atoms with Crippen LogP contribution in [0.25, 0.3) is 0 Å². The number of pyridine rings is 1. The lowest BCUT2D eigenvalue weighted by molar-refractivity contribution is 0.692. The zero-order valence-corrected chi connectivity index (χ0v) is 8.42. The van der Waals surface area contributed by atoms with E-state index in [1.54, 1.807) is 16.9 Å². The van der Waals surface area contributed by atoms with Crippen molar-refractivity contribution in [2.24, 2.45) is 7.05 Å². The highest BCUT2D eigenvalue weighted by atomic mass is 16.1. The minimum Gasteiger partial charge on any atom is -0.398 e. The van der Waals surface area contributed by atoms with Crippen molar-refractivity contribution < 1.29 is 0 Å². The summed E-state index contributed by atoms with van der Waals surface area (Å²) in [5, 5.41) is 4.19. The minimum atomic E-state index is -0.0742. The molecule has 0 spiro atoms. The highest BCUT2D eigenvalue weighted by Crippen LogP contribution is 2.00. The first-order valence-electron chi connectivity index (χ1n) is 4.59. The maximum atomic E-state index is 11.5. The van der Waals surface area contributed by atoms with Gasteiger partial charge in [-0.1, -0.05) is 0 Å². The number of aromatic nitrogens is 3. The molecule has 2 N–H and O–H groups in total. The van der Waals surface area contributed by atoms with Crippen LogP contribution in [-0.4, -0.2) is 14.3 Å². The fourth-order valence-electron chi connectivity index (χ4n) is 1.40. The van der Waals surface area contributed by atoms with E-state index < -0.39 is 0 Å². The van der Waals surface area contributed by atoms with E-state index in [9.17, 15) is 4.79 Å². The molecule has 2 rings (SSSR count). The number of hydrogen-bond acceptors (Lipinski definition) is 3. The summed E-state index contributed by atoms with van der Waals surface area (Å²) in [7, 11) is 1.84. The van der Waals surface area contributed by atoms with Gasteiger partial charge in [-0.25, -0.2) is 0 Å². The third-order valence-electron chi connectivity index (χ3n) is 2.11. The van der Waals surface area contributed by atoms with Gasteiger partial charge in [0.25, 0.3) is 5.56 Å². The summed E-state index contributed by atoms with van der Waals surface area (Å²) in [5.74, 6) is 0. The van der Waals surface area contributed by atoms with Crippen molar-refractivity contribution in [3.05, 3.63) is 46.6 Å². The highest BCUT2D eigenvalue weighted by Gasteiger charge is 2.00. The Labute approximate surface area is 86.8 Å². The molecule has 5 nitrogen and oxygen atoms in total. The van der Waals surface area contributed by atoms with E-state index in [2.05, 4.69) is 5.10 Å². The van der Waals surface area contributed by atoms with Gasteiger partial charge in [0.05, 0.1) is 12.2 Å². The van der Waals surface area contributed by atoms with Gasteiger partial charge in [0.1, 0.15) is 0 Å². The smallest absolute Gasteiger partial charge is 0.251 e. The van der Waals surface area contributed by atoms with Crippen LogP contribution in [0.4, 0.5) is 5.69 Å². The zero-order valence-electron chi connectivity index (χ0n) is 8.42. The van der Waals surface area contributed by atoms with Gasteiger partial charge in [0.15, 0.2) is 0 Å². The molecule has 0 aliphatic rings. The van der Waals surface area contributed by atoms with Crippen molar-refractivity contribution in [2.45, 2.75) is 6.54 Å². The zero-order chi connectivity index (χ0) is 10.8. The molecule has 5 heteroatoms. The Morgan fingerprint density at radius 1 is 1.40 bits per heavy atom. The van der Waals surface area contributed by atoms with Crippen LogP contribution in [0, 0.1) is 0 Å². The van der Waals surface area contributed by atoms with Crippen molar-refractivity contribution in [3.63, 3.8) is 0 Å². The van der Waals surface area contributed by atoms with E-state index in [1.165, 1.54) is 10.6 Å². The number of nitrogens with zero attached hydrogens (tertiary/aromatic N) is 3. The van der Waals surface area contributed by atoms with Crippen LogP contribution in [0.3, 0.4) is 0 Å². The predicted molar refractivity (Wildman–Crippen MR) is 57.4 cm³/mol. The van der Waals surface area contributed by atoms with Crippen LogP contribution in [-0.2, 0) is 13.6 Å². The van der Waals surface area contributed by atoms with E-state index in [4.69, 9.17) is 5.73 Å². The second-order valence-corrected chi connectivity index (χ2v) is 3.41. The number of rotatable bonds is 2. The molecule has 0 aliphatic carbocycles. The van der Waals surface area contributed by atoms with E-state index in [1.807, 2.05) is 19.3 Å². The van der Waals surface area contributed by atoms with E-state index >= 15 is 0 Å². The van der Waals surface area contributed by atoms with Crippen molar-refractivity contribution in [1.29, 1.82) is 0 Å². The predicted octanol–water partition coefficient (Wildman–Crippen LogP) is 0.212. The summed E-state index contributed by atoms with van der Waals surface area (Å²) >= 11 is 0. The van der Waals surface area contributed by atoms with Crippen molar-refractivity contribution >= 4 is 5.69 Å². The number of nitrogens with two attached hydrogens (primary N) is 1. The average Bonchev–Trinajstić information content (AvgIpc) is 2.58. The van der Waals surface area contributed by atoms with Gasteiger partial charge in [-0.2, -0.15) is 5.10 Å². The van der Waals surface area contributed by atoms with Crippen molar-refractivity contribution in [2.75, 3.05) is 5.73 Å². The molecule has 2 aromatic heterocycles. The molecule has 0 aromatic carbocycles. The van der Waals surface area contributed by atoms with Gasteiger partial charge < -0.3 is 10.3 Å². The number of nitrogen functional groups attached to an aromatic ring is 1. The summed E-state index contributed by atoms with van der Waals surface area (Å²) in [6.07, 6.45) is 3.46.